The van der Waals surface area contributed by atoms with Crippen molar-refractivity contribution in [1.82, 2.24) is 5.48 Å². The number of carbonyl (C=O) groups is 2. The maximum Gasteiger partial charge on any atom is 0.303 e. The second kappa shape index (κ2) is 7.41. The van der Waals surface area contributed by atoms with Crippen LogP contribution in [0, 0.1) is 0 Å². The summed E-state index contributed by atoms with van der Waals surface area (Å²) in [6.45, 7) is 1.78. The normalized spacial score (nSPS) is 19.0. The molecule has 1 aromatic rings. The number of sulfonamides is 1. The van der Waals surface area contributed by atoms with Gasteiger partial charge in [0.15, 0.2) is 0 Å². The van der Waals surface area contributed by atoms with Crippen molar-refractivity contribution in [3.8, 4) is 0 Å². The van der Waals surface area contributed by atoms with Crippen LogP contribution >= 0.6 is 0 Å². The Hall–Kier alpha value is -2.46. The molecule has 2 rings (SSSR count). The molecule has 1 atom stereocenters. The van der Waals surface area contributed by atoms with E-state index in [1.54, 1.807) is 6.92 Å². The number of hydrogen-bond acceptors (Lipinski definition) is 5. The van der Waals surface area contributed by atoms with Crippen LogP contribution in [0.25, 0.3) is 0 Å². The fraction of sp³-hybridized carbons (Fsp3) is 0.357. The maximum atomic E-state index is 12.2. The topological polar surface area (TPSA) is 134 Å². The second-order valence-corrected chi connectivity index (χ2v) is 6.82. The Morgan fingerprint density at radius 2 is 2.00 bits per heavy atom. The SMILES string of the molecule is CC1CC(=NS(=O)(=O)c2ccc(NC(=O)CCC(=O)O)cc2)NO1. The fourth-order valence-corrected chi connectivity index (χ4v) is 2.92. The van der Waals surface area contributed by atoms with Crippen molar-refractivity contribution < 1.29 is 28.0 Å². The molecular weight excluding hydrogens is 338 g/mol. The lowest BCUT2D eigenvalue weighted by Gasteiger charge is -2.05. The third-order valence-electron chi connectivity index (χ3n) is 3.09. The first-order valence-corrected chi connectivity index (χ1v) is 8.57. The summed E-state index contributed by atoms with van der Waals surface area (Å²) in [6.07, 6.45) is -0.213. The number of anilines is 1. The van der Waals surface area contributed by atoms with E-state index in [0.717, 1.165) is 0 Å². The molecule has 1 aromatic carbocycles. The summed E-state index contributed by atoms with van der Waals surface area (Å²) in [6, 6.07) is 5.44. The summed E-state index contributed by atoms with van der Waals surface area (Å²) < 4.78 is 28.0. The number of carboxylic acid groups (broad SMARTS) is 1. The number of rotatable bonds is 6. The third-order valence-corrected chi connectivity index (χ3v) is 4.42. The van der Waals surface area contributed by atoms with Gasteiger partial charge in [-0.15, -0.1) is 4.40 Å². The van der Waals surface area contributed by atoms with Crippen molar-refractivity contribution in [2.45, 2.75) is 37.2 Å². The molecule has 130 valence electrons. The van der Waals surface area contributed by atoms with Gasteiger partial charge in [0.2, 0.25) is 5.91 Å². The Morgan fingerprint density at radius 3 is 2.54 bits per heavy atom. The number of carbonyl (C=O) groups excluding carboxylic acids is 1. The predicted molar refractivity (Wildman–Crippen MR) is 84.9 cm³/mol. The summed E-state index contributed by atoms with van der Waals surface area (Å²) in [4.78, 5) is 26.9. The summed E-state index contributed by atoms with van der Waals surface area (Å²) in [7, 11) is -3.88. The highest BCUT2D eigenvalue weighted by molar-refractivity contribution is 7.90. The summed E-state index contributed by atoms with van der Waals surface area (Å²) in [5, 5.41) is 11.0. The lowest BCUT2D eigenvalue weighted by molar-refractivity contribution is -0.138. The van der Waals surface area contributed by atoms with Gasteiger partial charge in [0.25, 0.3) is 10.0 Å². The van der Waals surface area contributed by atoms with Gasteiger partial charge >= 0.3 is 5.97 Å². The van der Waals surface area contributed by atoms with Crippen LogP contribution in [0.2, 0.25) is 0 Å². The van der Waals surface area contributed by atoms with E-state index in [4.69, 9.17) is 9.94 Å². The number of nitrogens with zero attached hydrogens (tertiary/aromatic N) is 1. The molecule has 0 bridgehead atoms. The number of amides is 1. The first kappa shape index (κ1) is 17.9. The Morgan fingerprint density at radius 1 is 1.33 bits per heavy atom. The summed E-state index contributed by atoms with van der Waals surface area (Å²) in [5.74, 6) is -1.30. The van der Waals surface area contributed by atoms with Crippen LogP contribution in [-0.2, 0) is 24.4 Å². The van der Waals surface area contributed by atoms with Crippen molar-refractivity contribution in [1.29, 1.82) is 0 Å². The van der Waals surface area contributed by atoms with Gasteiger partial charge in [-0.1, -0.05) is 0 Å². The molecule has 0 saturated carbocycles. The minimum atomic E-state index is -3.88. The number of amidine groups is 1. The van der Waals surface area contributed by atoms with Crippen molar-refractivity contribution in [2.24, 2.45) is 4.40 Å². The van der Waals surface area contributed by atoms with Gasteiger partial charge in [0.1, 0.15) is 5.84 Å². The number of aliphatic carboxylic acids is 1. The predicted octanol–water partition coefficient (Wildman–Crippen LogP) is 0.891. The highest BCUT2D eigenvalue weighted by Crippen LogP contribution is 2.18. The van der Waals surface area contributed by atoms with E-state index in [0.29, 0.717) is 12.1 Å². The highest BCUT2D eigenvalue weighted by atomic mass is 32.2. The zero-order chi connectivity index (χ0) is 17.7. The van der Waals surface area contributed by atoms with E-state index in [1.165, 1.54) is 24.3 Å². The van der Waals surface area contributed by atoms with Crippen LogP contribution in [0.1, 0.15) is 26.2 Å². The first-order chi connectivity index (χ1) is 11.3. The highest BCUT2D eigenvalue weighted by Gasteiger charge is 2.21. The van der Waals surface area contributed by atoms with E-state index >= 15 is 0 Å². The van der Waals surface area contributed by atoms with Crippen LogP contribution in [0.5, 0.6) is 0 Å². The van der Waals surface area contributed by atoms with Crippen molar-refractivity contribution >= 4 is 33.4 Å². The van der Waals surface area contributed by atoms with Gasteiger partial charge in [-0.05, 0) is 31.2 Å². The summed E-state index contributed by atoms with van der Waals surface area (Å²) >= 11 is 0. The molecule has 3 N–H and O–H groups in total. The Labute approximate surface area is 138 Å². The molecule has 1 unspecified atom stereocenters. The number of benzene rings is 1. The average Bonchev–Trinajstić information content (AvgIpc) is 2.90. The first-order valence-electron chi connectivity index (χ1n) is 7.13. The average molecular weight is 355 g/mol. The van der Waals surface area contributed by atoms with Gasteiger partial charge in [0.05, 0.1) is 17.4 Å². The Kier molecular flexibility index (Phi) is 5.52. The Bertz CT molecular complexity index is 757. The largest absolute Gasteiger partial charge is 0.481 e. The van der Waals surface area contributed by atoms with Crippen molar-refractivity contribution in [3.05, 3.63) is 24.3 Å². The molecule has 0 aromatic heterocycles. The lowest BCUT2D eigenvalue weighted by Crippen LogP contribution is -2.15. The molecule has 0 radical (unpaired) electrons. The Balaban J connectivity index is 2.03. The molecule has 1 amide bonds. The van der Waals surface area contributed by atoms with Crippen LogP contribution in [0.3, 0.4) is 0 Å². The standard InChI is InChI=1S/C14H17N3O6S/c1-9-8-12(16-23-9)17-24(21,22)11-4-2-10(3-5-11)15-13(18)6-7-14(19)20/h2-5,9H,6-8H2,1H3,(H,15,18)(H,16,17)(H,19,20). The molecule has 24 heavy (non-hydrogen) atoms. The minimum Gasteiger partial charge on any atom is -0.481 e. The van der Waals surface area contributed by atoms with Gasteiger partial charge in [-0.3, -0.25) is 19.9 Å². The van der Waals surface area contributed by atoms with E-state index < -0.39 is 21.9 Å². The van der Waals surface area contributed by atoms with E-state index in [9.17, 15) is 18.0 Å². The number of nitrogens with one attached hydrogen (secondary N) is 2. The number of hydrogen-bond donors (Lipinski definition) is 3. The van der Waals surface area contributed by atoms with Crippen LogP contribution in [-0.4, -0.2) is 37.3 Å². The summed E-state index contributed by atoms with van der Waals surface area (Å²) in [5.41, 5.74) is 2.83. The molecule has 9 nitrogen and oxygen atoms in total. The zero-order valence-corrected chi connectivity index (χ0v) is 13.7. The monoisotopic (exact) mass is 355 g/mol. The smallest absolute Gasteiger partial charge is 0.303 e. The van der Waals surface area contributed by atoms with Crippen LogP contribution in [0.4, 0.5) is 5.69 Å². The second-order valence-electron chi connectivity index (χ2n) is 5.21. The number of carboxylic acids is 1. The van der Waals surface area contributed by atoms with E-state index in [2.05, 4.69) is 15.2 Å². The quantitative estimate of drug-likeness (QED) is 0.690. The maximum absolute atomic E-state index is 12.2. The molecule has 10 heteroatoms. The minimum absolute atomic E-state index is 0.0279. The van der Waals surface area contributed by atoms with Crippen LogP contribution < -0.4 is 10.8 Å². The molecule has 1 aliphatic rings. The zero-order valence-electron chi connectivity index (χ0n) is 12.9. The molecule has 1 heterocycles. The van der Waals surface area contributed by atoms with E-state index in [-0.39, 0.29) is 29.7 Å². The van der Waals surface area contributed by atoms with Crippen LogP contribution in [0.15, 0.2) is 33.6 Å². The molecule has 1 fully saturated rings. The third kappa shape index (κ3) is 5.03. The molecule has 0 spiro atoms. The van der Waals surface area contributed by atoms with Gasteiger partial charge in [-0.2, -0.15) is 8.42 Å². The molecule has 0 aliphatic carbocycles. The lowest BCUT2D eigenvalue weighted by atomic mass is 10.2. The fourth-order valence-electron chi connectivity index (χ4n) is 1.93. The van der Waals surface area contributed by atoms with Crippen molar-refractivity contribution in [3.63, 3.8) is 0 Å². The van der Waals surface area contributed by atoms with Gasteiger partial charge in [-0.25, -0.2) is 0 Å². The van der Waals surface area contributed by atoms with Gasteiger partial charge in [0, 0.05) is 18.5 Å². The molecule has 1 saturated heterocycles. The van der Waals surface area contributed by atoms with Gasteiger partial charge < -0.3 is 10.4 Å². The molecular formula is C14H17N3O6S. The number of hydroxylamine groups is 1. The molecule has 1 aliphatic heterocycles. The van der Waals surface area contributed by atoms with Crippen molar-refractivity contribution in [2.75, 3.05) is 5.32 Å². The van der Waals surface area contributed by atoms with E-state index in [1.807, 2.05) is 0 Å².